The molecule has 0 aliphatic heterocycles. The van der Waals surface area contributed by atoms with Crippen LogP contribution >= 0.6 is 11.6 Å². The molecule has 1 aromatic heterocycles. The second-order valence-corrected chi connectivity index (χ2v) is 7.71. The minimum absolute atomic E-state index is 0.0928. The van der Waals surface area contributed by atoms with Crippen molar-refractivity contribution in [3.8, 4) is 0 Å². The van der Waals surface area contributed by atoms with E-state index >= 15 is 0 Å². The highest BCUT2D eigenvalue weighted by Crippen LogP contribution is 2.42. The smallest absolute Gasteiger partial charge is 0.243 e. The Hall–Kier alpha value is -1.43. The van der Waals surface area contributed by atoms with Crippen molar-refractivity contribution in [2.75, 3.05) is 0 Å². The van der Waals surface area contributed by atoms with Gasteiger partial charge in [-0.15, -0.1) is 0 Å². The summed E-state index contributed by atoms with van der Waals surface area (Å²) in [5, 5.41) is 0.733. The number of hydrogen-bond acceptors (Lipinski definition) is 3. The summed E-state index contributed by atoms with van der Waals surface area (Å²) < 4.78 is 28.3. The summed E-state index contributed by atoms with van der Waals surface area (Å²) in [6.07, 6.45) is 4.04. The van der Waals surface area contributed by atoms with E-state index in [2.05, 4.69) is 9.71 Å². The molecule has 1 saturated carbocycles. The maximum absolute atomic E-state index is 12.7. The van der Waals surface area contributed by atoms with Gasteiger partial charge in [0.2, 0.25) is 0 Å². The van der Waals surface area contributed by atoms with Crippen LogP contribution < -0.4 is 4.72 Å². The van der Waals surface area contributed by atoms with Gasteiger partial charge < -0.3 is 0 Å². The van der Waals surface area contributed by atoms with E-state index in [1.807, 2.05) is 12.1 Å². The first-order valence-corrected chi connectivity index (χ1v) is 9.01. The molecule has 22 heavy (non-hydrogen) atoms. The van der Waals surface area contributed by atoms with E-state index < -0.39 is 15.6 Å². The summed E-state index contributed by atoms with van der Waals surface area (Å²) in [6.45, 7) is 1.75. The molecule has 1 aliphatic rings. The Morgan fingerprint density at radius 1 is 1.18 bits per heavy atom. The first-order chi connectivity index (χ1) is 10.4. The Labute approximate surface area is 135 Å². The Morgan fingerprint density at radius 3 is 2.41 bits per heavy atom. The number of rotatable bonds is 4. The van der Waals surface area contributed by atoms with Crippen molar-refractivity contribution in [1.82, 2.24) is 9.71 Å². The van der Waals surface area contributed by atoms with Crippen LogP contribution in [0.1, 0.15) is 30.4 Å². The fourth-order valence-electron chi connectivity index (χ4n) is 2.81. The van der Waals surface area contributed by atoms with Crippen molar-refractivity contribution in [1.29, 1.82) is 0 Å². The van der Waals surface area contributed by atoms with Crippen LogP contribution in [0.15, 0.2) is 47.6 Å². The van der Waals surface area contributed by atoms with Gasteiger partial charge in [0.25, 0.3) is 10.0 Å². The molecule has 4 nitrogen and oxygen atoms in total. The number of sulfonamides is 1. The highest BCUT2D eigenvalue weighted by atomic mass is 35.5. The van der Waals surface area contributed by atoms with E-state index in [1.165, 1.54) is 6.20 Å². The summed E-state index contributed by atoms with van der Waals surface area (Å²) in [7, 11) is -3.66. The summed E-state index contributed by atoms with van der Waals surface area (Å²) in [5.41, 5.74) is 1.04. The van der Waals surface area contributed by atoms with Crippen molar-refractivity contribution < 1.29 is 8.42 Å². The predicted molar refractivity (Wildman–Crippen MR) is 86.3 cm³/mol. The van der Waals surface area contributed by atoms with Gasteiger partial charge in [-0.25, -0.2) is 13.4 Å². The molecular weight excluding hydrogens is 320 g/mol. The normalized spacial score (nSPS) is 17.0. The number of nitrogens with zero attached hydrogens (tertiary/aromatic N) is 1. The van der Waals surface area contributed by atoms with Gasteiger partial charge in [-0.05, 0) is 55.5 Å². The Balaban J connectivity index is 1.96. The average Bonchev–Trinajstić information content (AvgIpc) is 2.44. The van der Waals surface area contributed by atoms with Crippen molar-refractivity contribution >= 4 is 21.6 Å². The number of halogens is 1. The standard InChI is InChI=1S/C16H17ClN2O2S/c1-12-4-2-11-18-15(12)22(20,21)19-16(9-3-10-16)13-5-7-14(17)8-6-13/h2,4-8,11,19H,3,9-10H2,1H3. The third-order valence-corrected chi connectivity index (χ3v) is 6.00. The molecule has 0 amide bonds. The number of aryl methyl sites for hydroxylation is 1. The lowest BCUT2D eigenvalue weighted by Crippen LogP contribution is -2.50. The highest BCUT2D eigenvalue weighted by Gasteiger charge is 2.42. The number of aromatic nitrogens is 1. The largest absolute Gasteiger partial charge is 0.259 e. The predicted octanol–water partition coefficient (Wildman–Crippen LogP) is 3.40. The fraction of sp³-hybridized carbons (Fsp3) is 0.312. The lowest BCUT2D eigenvalue weighted by molar-refractivity contribution is 0.224. The molecule has 0 bridgehead atoms. The first-order valence-electron chi connectivity index (χ1n) is 7.15. The zero-order valence-corrected chi connectivity index (χ0v) is 13.8. The Kier molecular flexibility index (Phi) is 3.97. The Morgan fingerprint density at radius 2 is 1.86 bits per heavy atom. The van der Waals surface area contributed by atoms with Gasteiger partial charge in [-0.1, -0.05) is 29.8 Å². The first kappa shape index (κ1) is 15.5. The van der Waals surface area contributed by atoms with Gasteiger partial charge in [0, 0.05) is 11.2 Å². The molecular formula is C16H17ClN2O2S. The van der Waals surface area contributed by atoms with Gasteiger partial charge in [0.05, 0.1) is 5.54 Å². The third-order valence-electron chi connectivity index (χ3n) is 4.15. The molecule has 6 heteroatoms. The molecule has 0 atom stereocenters. The SMILES string of the molecule is Cc1cccnc1S(=O)(=O)NC1(c2ccc(Cl)cc2)CCC1. The monoisotopic (exact) mass is 336 g/mol. The maximum atomic E-state index is 12.7. The second-order valence-electron chi connectivity index (χ2n) is 5.67. The van der Waals surface area contributed by atoms with Crippen LogP contribution in [0.3, 0.4) is 0 Å². The molecule has 1 fully saturated rings. The van der Waals surface area contributed by atoms with E-state index in [0.29, 0.717) is 10.6 Å². The van der Waals surface area contributed by atoms with E-state index in [-0.39, 0.29) is 5.03 Å². The summed E-state index contributed by atoms with van der Waals surface area (Å²) in [5.74, 6) is 0. The van der Waals surface area contributed by atoms with Crippen LogP contribution in [0.25, 0.3) is 0 Å². The summed E-state index contributed by atoms with van der Waals surface area (Å²) in [4.78, 5) is 4.03. The third kappa shape index (κ3) is 2.76. The van der Waals surface area contributed by atoms with Gasteiger partial charge >= 0.3 is 0 Å². The highest BCUT2D eigenvalue weighted by molar-refractivity contribution is 7.89. The molecule has 1 heterocycles. The molecule has 0 unspecified atom stereocenters. The van der Waals surface area contributed by atoms with Crippen molar-refractivity contribution in [3.63, 3.8) is 0 Å². The van der Waals surface area contributed by atoms with Crippen LogP contribution in [-0.4, -0.2) is 13.4 Å². The molecule has 0 radical (unpaired) electrons. The lowest BCUT2D eigenvalue weighted by Gasteiger charge is -2.42. The number of pyridine rings is 1. The fourth-order valence-corrected chi connectivity index (χ4v) is 4.56. The minimum Gasteiger partial charge on any atom is -0.243 e. The van der Waals surface area contributed by atoms with Crippen LogP contribution in [0.5, 0.6) is 0 Å². The number of nitrogens with one attached hydrogen (secondary N) is 1. The van der Waals surface area contributed by atoms with Crippen LogP contribution in [0, 0.1) is 6.92 Å². The zero-order valence-electron chi connectivity index (χ0n) is 12.2. The average molecular weight is 337 g/mol. The summed E-state index contributed by atoms with van der Waals surface area (Å²) in [6, 6.07) is 10.8. The maximum Gasteiger partial charge on any atom is 0.259 e. The second kappa shape index (κ2) is 5.65. The quantitative estimate of drug-likeness (QED) is 0.930. The van der Waals surface area contributed by atoms with E-state index in [4.69, 9.17) is 11.6 Å². The van der Waals surface area contributed by atoms with Crippen LogP contribution in [0.2, 0.25) is 5.02 Å². The molecule has 1 aromatic carbocycles. The molecule has 1 N–H and O–H groups in total. The van der Waals surface area contributed by atoms with Crippen molar-refractivity contribution in [3.05, 3.63) is 58.7 Å². The van der Waals surface area contributed by atoms with Crippen LogP contribution in [0.4, 0.5) is 0 Å². The van der Waals surface area contributed by atoms with Gasteiger partial charge in [-0.2, -0.15) is 4.72 Å². The van der Waals surface area contributed by atoms with Gasteiger partial charge in [0.1, 0.15) is 0 Å². The molecule has 1 aliphatic carbocycles. The molecule has 3 rings (SSSR count). The lowest BCUT2D eigenvalue weighted by atomic mass is 9.73. The van der Waals surface area contributed by atoms with E-state index in [9.17, 15) is 8.42 Å². The van der Waals surface area contributed by atoms with E-state index in [0.717, 1.165) is 24.8 Å². The number of benzene rings is 1. The molecule has 2 aromatic rings. The number of hydrogen-bond donors (Lipinski definition) is 1. The molecule has 0 spiro atoms. The zero-order chi connectivity index (χ0) is 15.8. The minimum atomic E-state index is -3.66. The van der Waals surface area contributed by atoms with E-state index in [1.54, 1.807) is 31.2 Å². The summed E-state index contributed by atoms with van der Waals surface area (Å²) >= 11 is 5.92. The van der Waals surface area contributed by atoms with Crippen molar-refractivity contribution in [2.45, 2.75) is 36.8 Å². The topological polar surface area (TPSA) is 59.1 Å². The van der Waals surface area contributed by atoms with Gasteiger partial charge in [-0.3, -0.25) is 0 Å². The van der Waals surface area contributed by atoms with Crippen molar-refractivity contribution in [2.24, 2.45) is 0 Å². The van der Waals surface area contributed by atoms with Gasteiger partial charge in [0.15, 0.2) is 5.03 Å². The molecule has 116 valence electrons. The Bertz CT molecular complexity index is 784. The molecule has 0 saturated heterocycles. The van der Waals surface area contributed by atoms with Crippen LogP contribution in [-0.2, 0) is 15.6 Å².